The molecule has 0 saturated heterocycles. The zero-order chi connectivity index (χ0) is 13.8. The molecule has 4 N–H and O–H groups in total. The van der Waals surface area contributed by atoms with Gasteiger partial charge in [-0.05, 0) is 25.1 Å². The largest absolute Gasteiger partial charge is 0.364 e. The molecule has 4 nitrogen and oxygen atoms in total. The molecule has 0 atom stereocenters. The molecular weight excluding hydrogens is 226 g/mol. The van der Waals surface area contributed by atoms with Gasteiger partial charge in [-0.2, -0.15) is 0 Å². The number of carbonyl (C=O) groups is 1. The van der Waals surface area contributed by atoms with Crippen molar-refractivity contribution >= 4 is 5.91 Å². The molecule has 1 amide bonds. The summed E-state index contributed by atoms with van der Waals surface area (Å²) in [5.74, 6) is 0.0626. The van der Waals surface area contributed by atoms with Crippen LogP contribution < -0.4 is 11.1 Å². The average Bonchev–Trinajstić information content (AvgIpc) is 2.79. The fraction of sp³-hybridized carbons (Fsp3) is 0.643. The van der Waals surface area contributed by atoms with Crippen LogP contribution in [0.3, 0.4) is 0 Å². The summed E-state index contributed by atoms with van der Waals surface area (Å²) in [6.45, 7) is 9.21. The predicted molar refractivity (Wildman–Crippen MR) is 74.3 cm³/mol. The Bertz CT molecular complexity index is 380. The molecule has 102 valence electrons. The molecule has 1 heterocycles. The molecule has 1 aromatic heterocycles. The Morgan fingerprint density at radius 1 is 1.39 bits per heavy atom. The number of hydrogen-bond acceptors (Lipinski definition) is 2. The lowest BCUT2D eigenvalue weighted by atomic mass is 9.86. The molecule has 0 spiro atoms. The van der Waals surface area contributed by atoms with Gasteiger partial charge in [0.2, 0.25) is 5.91 Å². The zero-order valence-corrected chi connectivity index (χ0v) is 11.8. The Morgan fingerprint density at radius 3 is 2.56 bits per heavy atom. The first-order valence-corrected chi connectivity index (χ1v) is 6.42. The van der Waals surface area contributed by atoms with Crippen LogP contribution in [0, 0.1) is 5.41 Å². The number of nitrogens with one attached hydrogen (secondary N) is 2. The summed E-state index contributed by atoms with van der Waals surface area (Å²) in [4.78, 5) is 15.3. The van der Waals surface area contributed by atoms with Crippen molar-refractivity contribution in [3.05, 3.63) is 24.0 Å². The first-order chi connectivity index (χ1) is 8.29. The molecule has 0 aromatic carbocycles. The molecule has 0 aliphatic carbocycles. The number of carbonyl (C=O) groups excluding carboxylic acids is 1. The number of rotatable bonds is 6. The molecule has 0 radical (unpaired) electrons. The third-order valence-corrected chi connectivity index (χ3v) is 3.40. The molecule has 4 heteroatoms. The first kappa shape index (κ1) is 14.8. The van der Waals surface area contributed by atoms with Crippen molar-refractivity contribution in [2.75, 3.05) is 13.1 Å². The summed E-state index contributed by atoms with van der Waals surface area (Å²) in [6, 6.07) is 4.01. The molecule has 18 heavy (non-hydrogen) atoms. The van der Waals surface area contributed by atoms with E-state index >= 15 is 0 Å². The molecular formula is C14H25N3O. The zero-order valence-electron chi connectivity index (χ0n) is 11.8. The van der Waals surface area contributed by atoms with Crippen LogP contribution in [-0.2, 0) is 10.2 Å². The molecule has 0 bridgehead atoms. The second kappa shape index (κ2) is 5.57. The first-order valence-electron chi connectivity index (χ1n) is 6.42. The van der Waals surface area contributed by atoms with Gasteiger partial charge in [-0.25, -0.2) is 0 Å². The van der Waals surface area contributed by atoms with E-state index in [1.807, 2.05) is 32.2 Å². The number of hydrogen-bond donors (Lipinski definition) is 3. The Labute approximate surface area is 109 Å². The minimum atomic E-state index is -0.402. The second-order valence-corrected chi connectivity index (χ2v) is 6.07. The van der Waals surface area contributed by atoms with Gasteiger partial charge in [-0.3, -0.25) is 4.79 Å². The van der Waals surface area contributed by atoms with Crippen LogP contribution >= 0.6 is 0 Å². The van der Waals surface area contributed by atoms with Gasteiger partial charge >= 0.3 is 0 Å². The van der Waals surface area contributed by atoms with E-state index in [-0.39, 0.29) is 11.3 Å². The van der Waals surface area contributed by atoms with Gasteiger partial charge in [0, 0.05) is 29.3 Å². The predicted octanol–water partition coefficient (Wildman–Crippen LogP) is 1.78. The average molecular weight is 251 g/mol. The standard InChI is InChI=1S/C14H25N3O/c1-13(2,7-8-15)12(18)17-10-14(3,4)11-6-5-9-16-11/h5-6,9,16H,7-8,10,15H2,1-4H3,(H,17,18). The lowest BCUT2D eigenvalue weighted by Gasteiger charge is -2.28. The summed E-state index contributed by atoms with van der Waals surface area (Å²) < 4.78 is 0. The van der Waals surface area contributed by atoms with Crippen LogP contribution in [0.4, 0.5) is 0 Å². The maximum Gasteiger partial charge on any atom is 0.225 e. The summed E-state index contributed by atoms with van der Waals surface area (Å²) in [7, 11) is 0. The van der Waals surface area contributed by atoms with E-state index in [0.29, 0.717) is 19.5 Å². The van der Waals surface area contributed by atoms with Crippen molar-refractivity contribution in [1.82, 2.24) is 10.3 Å². The van der Waals surface area contributed by atoms with E-state index in [2.05, 4.69) is 24.1 Å². The quantitative estimate of drug-likeness (QED) is 0.721. The smallest absolute Gasteiger partial charge is 0.225 e. The minimum absolute atomic E-state index is 0.0626. The molecule has 0 aliphatic heterocycles. The van der Waals surface area contributed by atoms with Crippen molar-refractivity contribution < 1.29 is 4.79 Å². The van der Waals surface area contributed by atoms with Crippen molar-refractivity contribution in [3.8, 4) is 0 Å². The molecule has 0 aliphatic rings. The monoisotopic (exact) mass is 251 g/mol. The van der Waals surface area contributed by atoms with Gasteiger partial charge in [0.05, 0.1) is 0 Å². The van der Waals surface area contributed by atoms with E-state index in [9.17, 15) is 4.79 Å². The van der Waals surface area contributed by atoms with Crippen LogP contribution in [-0.4, -0.2) is 24.0 Å². The molecule has 1 rings (SSSR count). The third kappa shape index (κ3) is 3.60. The molecule has 0 fully saturated rings. The van der Waals surface area contributed by atoms with Crippen molar-refractivity contribution in [2.24, 2.45) is 11.1 Å². The maximum absolute atomic E-state index is 12.1. The SMILES string of the molecule is CC(C)(CCN)C(=O)NCC(C)(C)c1ccc[nH]1. The summed E-state index contributed by atoms with van der Waals surface area (Å²) in [5, 5.41) is 3.02. The van der Waals surface area contributed by atoms with Crippen LogP contribution in [0.5, 0.6) is 0 Å². The highest BCUT2D eigenvalue weighted by atomic mass is 16.2. The lowest BCUT2D eigenvalue weighted by molar-refractivity contribution is -0.129. The number of aromatic nitrogens is 1. The van der Waals surface area contributed by atoms with Crippen molar-refractivity contribution in [3.63, 3.8) is 0 Å². The van der Waals surface area contributed by atoms with Crippen LogP contribution in [0.15, 0.2) is 18.3 Å². The van der Waals surface area contributed by atoms with Gasteiger partial charge in [-0.1, -0.05) is 27.7 Å². The normalized spacial score (nSPS) is 12.5. The van der Waals surface area contributed by atoms with Crippen LogP contribution in [0.25, 0.3) is 0 Å². The molecule has 1 aromatic rings. The molecule has 0 saturated carbocycles. The second-order valence-electron chi connectivity index (χ2n) is 6.07. The number of nitrogens with two attached hydrogens (primary N) is 1. The van der Waals surface area contributed by atoms with E-state index < -0.39 is 5.41 Å². The van der Waals surface area contributed by atoms with E-state index in [1.54, 1.807) is 0 Å². The number of H-pyrrole nitrogens is 1. The summed E-state index contributed by atoms with van der Waals surface area (Å²) in [5.41, 5.74) is 6.15. The Balaban J connectivity index is 2.58. The fourth-order valence-corrected chi connectivity index (χ4v) is 1.86. The third-order valence-electron chi connectivity index (χ3n) is 3.40. The highest BCUT2D eigenvalue weighted by Gasteiger charge is 2.29. The van der Waals surface area contributed by atoms with Gasteiger partial charge in [0.1, 0.15) is 0 Å². The highest BCUT2D eigenvalue weighted by molar-refractivity contribution is 5.81. The van der Waals surface area contributed by atoms with Gasteiger partial charge in [-0.15, -0.1) is 0 Å². The van der Waals surface area contributed by atoms with Crippen LogP contribution in [0.1, 0.15) is 39.8 Å². The number of amides is 1. The summed E-state index contributed by atoms with van der Waals surface area (Å²) in [6.07, 6.45) is 2.60. The maximum atomic E-state index is 12.1. The topological polar surface area (TPSA) is 70.9 Å². The van der Waals surface area contributed by atoms with Crippen LogP contribution in [0.2, 0.25) is 0 Å². The highest BCUT2D eigenvalue weighted by Crippen LogP contribution is 2.23. The number of aromatic amines is 1. The fourth-order valence-electron chi connectivity index (χ4n) is 1.86. The summed E-state index contributed by atoms with van der Waals surface area (Å²) >= 11 is 0. The van der Waals surface area contributed by atoms with E-state index in [1.165, 1.54) is 0 Å². The Morgan fingerprint density at radius 2 is 2.06 bits per heavy atom. The van der Waals surface area contributed by atoms with E-state index in [4.69, 9.17) is 5.73 Å². The van der Waals surface area contributed by atoms with Crippen molar-refractivity contribution in [2.45, 2.75) is 39.5 Å². The Hall–Kier alpha value is -1.29. The van der Waals surface area contributed by atoms with E-state index in [0.717, 1.165) is 5.69 Å². The lowest BCUT2D eigenvalue weighted by Crippen LogP contribution is -2.43. The van der Waals surface area contributed by atoms with Gasteiger partial charge < -0.3 is 16.0 Å². The minimum Gasteiger partial charge on any atom is -0.364 e. The Kier molecular flexibility index (Phi) is 4.57. The molecule has 0 unspecified atom stereocenters. The van der Waals surface area contributed by atoms with Gasteiger partial charge in [0.15, 0.2) is 0 Å². The van der Waals surface area contributed by atoms with Gasteiger partial charge in [0.25, 0.3) is 0 Å². The van der Waals surface area contributed by atoms with Crippen molar-refractivity contribution in [1.29, 1.82) is 0 Å².